The molecule has 0 atom stereocenters. The van der Waals surface area contributed by atoms with Crippen molar-refractivity contribution in [2.75, 3.05) is 18.8 Å². The normalized spacial score (nSPS) is 17.9. The van der Waals surface area contributed by atoms with Crippen LogP contribution in [0.2, 0.25) is 0 Å². The quantitative estimate of drug-likeness (QED) is 0.803. The van der Waals surface area contributed by atoms with Gasteiger partial charge in [-0.1, -0.05) is 6.07 Å². The Morgan fingerprint density at radius 2 is 1.94 bits per heavy atom. The molecule has 1 aliphatic heterocycles. The maximum atomic E-state index is 12.1. The summed E-state index contributed by atoms with van der Waals surface area (Å²) in [6.45, 7) is 0.646. The Bertz CT molecular complexity index is 503. The first kappa shape index (κ1) is 13.2. The third kappa shape index (κ3) is 3.36. The van der Waals surface area contributed by atoms with E-state index in [-0.39, 0.29) is 11.5 Å². The lowest BCUT2D eigenvalue weighted by molar-refractivity contribution is -0.120. The molecule has 0 saturated carbocycles. The van der Waals surface area contributed by atoms with Crippen LogP contribution in [0.4, 0.5) is 0 Å². The molecule has 0 N–H and O–H groups in total. The van der Waals surface area contributed by atoms with E-state index in [1.807, 2.05) is 12.1 Å². The number of rotatable bonds is 4. The molecule has 18 heavy (non-hydrogen) atoms. The summed E-state index contributed by atoms with van der Waals surface area (Å²) in [5, 5.41) is 0. The summed E-state index contributed by atoms with van der Waals surface area (Å²) in [4.78, 5) is 15.2. The SMILES string of the molecule is O=C1CCN(S(=O)(=O)CCc2ccccn2)CC1. The van der Waals surface area contributed by atoms with Gasteiger partial charge in [-0.3, -0.25) is 9.78 Å². The lowest BCUT2D eigenvalue weighted by Gasteiger charge is -2.25. The highest BCUT2D eigenvalue weighted by Gasteiger charge is 2.26. The van der Waals surface area contributed by atoms with Crippen molar-refractivity contribution in [3.63, 3.8) is 0 Å². The molecule has 0 bridgehead atoms. The number of aromatic nitrogens is 1. The van der Waals surface area contributed by atoms with Gasteiger partial charge in [-0.25, -0.2) is 12.7 Å². The fourth-order valence-electron chi connectivity index (χ4n) is 1.92. The Hall–Kier alpha value is -1.27. The molecule has 0 spiro atoms. The topological polar surface area (TPSA) is 67.3 Å². The second-order valence-electron chi connectivity index (χ2n) is 4.32. The molecule has 0 unspecified atom stereocenters. The van der Waals surface area contributed by atoms with Crippen LogP contribution in [0.5, 0.6) is 0 Å². The average molecular weight is 268 g/mol. The number of ketones is 1. The van der Waals surface area contributed by atoms with Gasteiger partial charge in [0.1, 0.15) is 5.78 Å². The highest BCUT2D eigenvalue weighted by atomic mass is 32.2. The maximum Gasteiger partial charge on any atom is 0.214 e. The average Bonchev–Trinajstić information content (AvgIpc) is 2.38. The summed E-state index contributed by atoms with van der Waals surface area (Å²) in [6, 6.07) is 5.46. The third-order valence-corrected chi connectivity index (χ3v) is 4.89. The van der Waals surface area contributed by atoms with Gasteiger partial charge >= 0.3 is 0 Å². The van der Waals surface area contributed by atoms with Crippen molar-refractivity contribution in [3.8, 4) is 0 Å². The third-order valence-electron chi connectivity index (χ3n) is 3.02. The van der Waals surface area contributed by atoms with Crippen LogP contribution in [0.1, 0.15) is 18.5 Å². The van der Waals surface area contributed by atoms with Crippen molar-refractivity contribution in [2.45, 2.75) is 19.3 Å². The Balaban J connectivity index is 1.93. The summed E-state index contributed by atoms with van der Waals surface area (Å²) < 4.78 is 25.5. The van der Waals surface area contributed by atoms with Gasteiger partial charge < -0.3 is 0 Å². The van der Waals surface area contributed by atoms with E-state index in [2.05, 4.69) is 4.98 Å². The number of carbonyl (C=O) groups is 1. The van der Waals surface area contributed by atoms with Crippen LogP contribution in [0, 0.1) is 0 Å². The number of hydrogen-bond donors (Lipinski definition) is 0. The molecule has 0 radical (unpaired) electrons. The smallest absolute Gasteiger partial charge is 0.214 e. The van der Waals surface area contributed by atoms with Gasteiger partial charge in [-0.05, 0) is 12.1 Å². The second kappa shape index (κ2) is 5.58. The lowest BCUT2D eigenvalue weighted by Crippen LogP contribution is -2.40. The fourth-order valence-corrected chi connectivity index (χ4v) is 3.39. The molecule has 0 amide bonds. The molecule has 5 nitrogen and oxygen atoms in total. The first-order chi connectivity index (χ1) is 8.58. The monoisotopic (exact) mass is 268 g/mol. The molecule has 98 valence electrons. The number of hydrogen-bond acceptors (Lipinski definition) is 4. The predicted octanol–water partition coefficient (Wildman–Crippen LogP) is 0.619. The van der Waals surface area contributed by atoms with Crippen molar-refractivity contribution in [1.82, 2.24) is 9.29 Å². The zero-order valence-corrected chi connectivity index (χ0v) is 10.9. The number of carbonyl (C=O) groups excluding carboxylic acids is 1. The number of nitrogens with zero attached hydrogens (tertiary/aromatic N) is 2. The Morgan fingerprint density at radius 1 is 1.22 bits per heavy atom. The first-order valence-corrected chi connectivity index (χ1v) is 7.58. The van der Waals surface area contributed by atoms with Gasteiger partial charge in [0.15, 0.2) is 0 Å². The first-order valence-electron chi connectivity index (χ1n) is 5.97. The largest absolute Gasteiger partial charge is 0.300 e. The molecule has 0 aliphatic carbocycles. The predicted molar refractivity (Wildman–Crippen MR) is 67.5 cm³/mol. The summed E-state index contributed by atoms with van der Waals surface area (Å²) >= 11 is 0. The Labute approximate surface area is 107 Å². The highest BCUT2D eigenvalue weighted by Crippen LogP contribution is 2.12. The van der Waals surface area contributed by atoms with Crippen LogP contribution < -0.4 is 0 Å². The lowest BCUT2D eigenvalue weighted by atomic mass is 10.1. The van der Waals surface area contributed by atoms with Gasteiger partial charge in [-0.2, -0.15) is 0 Å². The van der Waals surface area contributed by atoms with Gasteiger partial charge in [0.2, 0.25) is 10.0 Å². The van der Waals surface area contributed by atoms with E-state index < -0.39 is 10.0 Å². The molecular weight excluding hydrogens is 252 g/mol. The van der Waals surface area contributed by atoms with Crippen molar-refractivity contribution in [2.24, 2.45) is 0 Å². The van der Waals surface area contributed by atoms with E-state index in [1.54, 1.807) is 12.3 Å². The van der Waals surface area contributed by atoms with E-state index >= 15 is 0 Å². The molecule has 2 heterocycles. The summed E-state index contributed by atoms with van der Waals surface area (Å²) in [7, 11) is -3.26. The van der Waals surface area contributed by atoms with Crippen LogP contribution >= 0.6 is 0 Å². The number of Topliss-reactive ketones (excluding diaryl/α,β-unsaturated/α-hetero) is 1. The van der Waals surface area contributed by atoms with E-state index in [1.165, 1.54) is 4.31 Å². The zero-order valence-electron chi connectivity index (χ0n) is 10.1. The van der Waals surface area contributed by atoms with Crippen molar-refractivity contribution >= 4 is 15.8 Å². The number of aryl methyl sites for hydroxylation is 1. The summed E-state index contributed by atoms with van der Waals surface area (Å²) in [5.74, 6) is 0.198. The molecule has 1 aliphatic rings. The van der Waals surface area contributed by atoms with E-state index in [9.17, 15) is 13.2 Å². The van der Waals surface area contributed by atoms with Crippen LogP contribution in [-0.4, -0.2) is 42.3 Å². The molecule has 2 rings (SSSR count). The minimum atomic E-state index is -3.26. The van der Waals surface area contributed by atoms with Gasteiger partial charge in [0.25, 0.3) is 0 Å². The molecule has 1 fully saturated rings. The highest BCUT2D eigenvalue weighted by molar-refractivity contribution is 7.89. The van der Waals surface area contributed by atoms with E-state index in [0.717, 1.165) is 5.69 Å². The second-order valence-corrected chi connectivity index (χ2v) is 6.41. The van der Waals surface area contributed by atoms with Crippen molar-refractivity contribution in [1.29, 1.82) is 0 Å². The minimum Gasteiger partial charge on any atom is -0.300 e. The van der Waals surface area contributed by atoms with Crippen LogP contribution in [0.3, 0.4) is 0 Å². The van der Waals surface area contributed by atoms with Crippen molar-refractivity contribution in [3.05, 3.63) is 30.1 Å². The molecular formula is C12H16N2O3S. The van der Waals surface area contributed by atoms with E-state index in [0.29, 0.717) is 32.4 Å². The van der Waals surface area contributed by atoms with Gasteiger partial charge in [0.05, 0.1) is 5.75 Å². The van der Waals surface area contributed by atoms with Crippen LogP contribution in [-0.2, 0) is 21.2 Å². The minimum absolute atomic E-state index is 0.0538. The molecule has 0 aromatic carbocycles. The molecule has 1 saturated heterocycles. The maximum absolute atomic E-state index is 12.1. The van der Waals surface area contributed by atoms with Crippen molar-refractivity contribution < 1.29 is 13.2 Å². The summed E-state index contributed by atoms with van der Waals surface area (Å²) in [6.07, 6.45) is 2.74. The van der Waals surface area contributed by atoms with Gasteiger partial charge in [0, 0.05) is 44.2 Å². The number of piperidine rings is 1. The van der Waals surface area contributed by atoms with Crippen LogP contribution in [0.25, 0.3) is 0 Å². The van der Waals surface area contributed by atoms with Crippen LogP contribution in [0.15, 0.2) is 24.4 Å². The number of sulfonamides is 1. The van der Waals surface area contributed by atoms with Gasteiger partial charge in [-0.15, -0.1) is 0 Å². The fraction of sp³-hybridized carbons (Fsp3) is 0.500. The Kier molecular flexibility index (Phi) is 4.08. The zero-order chi connectivity index (χ0) is 13.0. The molecule has 1 aromatic rings. The molecule has 6 heteroatoms. The Morgan fingerprint density at radius 3 is 2.56 bits per heavy atom. The standard InChI is InChI=1S/C12H16N2O3S/c15-12-4-8-14(9-5-12)18(16,17)10-6-11-3-1-2-7-13-11/h1-3,7H,4-6,8-10H2. The number of pyridine rings is 1. The summed E-state index contributed by atoms with van der Waals surface area (Å²) in [5.41, 5.74) is 0.772. The molecule has 1 aromatic heterocycles. The van der Waals surface area contributed by atoms with E-state index in [4.69, 9.17) is 0 Å².